The van der Waals surface area contributed by atoms with Crippen LogP contribution >= 0.6 is 0 Å². The molecular formula is C14H30N2O2S. The van der Waals surface area contributed by atoms with Crippen molar-refractivity contribution >= 4 is 9.84 Å². The molecule has 1 N–H and O–H groups in total. The van der Waals surface area contributed by atoms with Crippen molar-refractivity contribution in [2.75, 3.05) is 31.1 Å². The highest BCUT2D eigenvalue weighted by Gasteiger charge is 2.29. The van der Waals surface area contributed by atoms with Gasteiger partial charge in [0.2, 0.25) is 0 Å². The van der Waals surface area contributed by atoms with E-state index < -0.39 is 9.84 Å². The highest BCUT2D eigenvalue weighted by Crippen LogP contribution is 2.18. The molecule has 4 nitrogen and oxygen atoms in total. The lowest BCUT2D eigenvalue weighted by Gasteiger charge is -2.42. The molecule has 0 aromatic carbocycles. The monoisotopic (exact) mass is 290 g/mol. The Kier molecular flexibility index (Phi) is 6.77. The molecule has 0 bridgehead atoms. The molecule has 0 aromatic heterocycles. The Hall–Kier alpha value is -0.130. The first-order valence-electron chi connectivity index (χ1n) is 7.57. The number of piperazine rings is 1. The molecule has 1 heterocycles. The van der Waals surface area contributed by atoms with E-state index in [0.29, 0.717) is 36.1 Å². The fourth-order valence-electron chi connectivity index (χ4n) is 2.76. The van der Waals surface area contributed by atoms with Crippen LogP contribution in [0, 0.1) is 5.92 Å². The molecule has 1 fully saturated rings. The Labute approximate surface area is 118 Å². The van der Waals surface area contributed by atoms with E-state index in [1.165, 1.54) is 0 Å². The second-order valence-corrected chi connectivity index (χ2v) is 8.21. The largest absolute Gasteiger partial charge is 0.311 e. The van der Waals surface area contributed by atoms with Gasteiger partial charge in [-0.2, -0.15) is 0 Å². The molecule has 1 rings (SSSR count). The molecule has 114 valence electrons. The summed E-state index contributed by atoms with van der Waals surface area (Å²) >= 11 is 0. The van der Waals surface area contributed by atoms with Crippen LogP contribution in [0.4, 0.5) is 0 Å². The normalized spacial score (nSPS) is 27.4. The fraction of sp³-hybridized carbons (Fsp3) is 1.00. The van der Waals surface area contributed by atoms with Gasteiger partial charge in [0.25, 0.3) is 0 Å². The summed E-state index contributed by atoms with van der Waals surface area (Å²) in [6.07, 6.45) is 1.86. The van der Waals surface area contributed by atoms with Crippen LogP contribution in [0.15, 0.2) is 0 Å². The standard InChI is InChI=1S/C14H30N2O2S/c1-5-8-19(17,18)9-7-16-11-13(4)15-10-14(16)12(3)6-2/h12-15H,5-11H2,1-4H3. The van der Waals surface area contributed by atoms with Gasteiger partial charge >= 0.3 is 0 Å². The van der Waals surface area contributed by atoms with Gasteiger partial charge in [0.1, 0.15) is 0 Å². The summed E-state index contributed by atoms with van der Waals surface area (Å²) in [5, 5.41) is 3.51. The second-order valence-electron chi connectivity index (χ2n) is 5.91. The number of rotatable bonds is 7. The van der Waals surface area contributed by atoms with Crippen LogP contribution in [-0.2, 0) is 9.84 Å². The van der Waals surface area contributed by atoms with E-state index in [0.717, 1.165) is 25.9 Å². The molecule has 0 spiro atoms. The average molecular weight is 290 g/mol. The van der Waals surface area contributed by atoms with Gasteiger partial charge in [-0.3, -0.25) is 4.90 Å². The van der Waals surface area contributed by atoms with Gasteiger partial charge in [-0.25, -0.2) is 8.42 Å². The summed E-state index contributed by atoms with van der Waals surface area (Å²) in [6, 6.07) is 0.923. The van der Waals surface area contributed by atoms with E-state index in [-0.39, 0.29) is 0 Å². The maximum Gasteiger partial charge on any atom is 0.151 e. The summed E-state index contributed by atoms with van der Waals surface area (Å²) in [4.78, 5) is 2.38. The number of nitrogens with one attached hydrogen (secondary N) is 1. The summed E-state index contributed by atoms with van der Waals surface area (Å²) in [6.45, 7) is 11.2. The van der Waals surface area contributed by atoms with Crippen LogP contribution in [-0.4, -0.2) is 56.5 Å². The minimum absolute atomic E-state index is 0.306. The molecule has 3 atom stereocenters. The van der Waals surface area contributed by atoms with Crippen molar-refractivity contribution in [2.24, 2.45) is 5.92 Å². The topological polar surface area (TPSA) is 49.4 Å². The maximum atomic E-state index is 11.9. The molecule has 0 aliphatic carbocycles. The van der Waals surface area contributed by atoms with E-state index >= 15 is 0 Å². The molecule has 5 heteroatoms. The minimum Gasteiger partial charge on any atom is -0.311 e. The highest BCUT2D eigenvalue weighted by molar-refractivity contribution is 7.91. The van der Waals surface area contributed by atoms with E-state index in [4.69, 9.17) is 0 Å². The predicted molar refractivity (Wildman–Crippen MR) is 81.2 cm³/mol. The van der Waals surface area contributed by atoms with Crippen LogP contribution in [0.2, 0.25) is 0 Å². The van der Waals surface area contributed by atoms with Gasteiger partial charge < -0.3 is 5.32 Å². The second kappa shape index (κ2) is 7.60. The van der Waals surface area contributed by atoms with Crippen molar-refractivity contribution in [3.05, 3.63) is 0 Å². The van der Waals surface area contributed by atoms with Crippen molar-refractivity contribution in [2.45, 2.75) is 52.6 Å². The zero-order valence-corrected chi connectivity index (χ0v) is 13.7. The van der Waals surface area contributed by atoms with E-state index in [1.807, 2.05) is 6.92 Å². The van der Waals surface area contributed by atoms with E-state index in [9.17, 15) is 8.42 Å². The number of nitrogens with zero attached hydrogens (tertiary/aromatic N) is 1. The van der Waals surface area contributed by atoms with Crippen molar-refractivity contribution in [1.29, 1.82) is 0 Å². The van der Waals surface area contributed by atoms with E-state index in [2.05, 4.69) is 31.0 Å². The summed E-state index contributed by atoms with van der Waals surface area (Å²) < 4.78 is 23.7. The molecule has 0 aromatic rings. The van der Waals surface area contributed by atoms with Crippen LogP contribution < -0.4 is 5.32 Å². The van der Waals surface area contributed by atoms with Crippen molar-refractivity contribution in [3.8, 4) is 0 Å². The molecule has 0 saturated carbocycles. The van der Waals surface area contributed by atoms with Gasteiger partial charge in [0.15, 0.2) is 9.84 Å². The lowest BCUT2D eigenvalue weighted by molar-refractivity contribution is 0.102. The number of hydrogen-bond donors (Lipinski definition) is 1. The Morgan fingerprint density at radius 3 is 2.58 bits per heavy atom. The molecule has 1 aliphatic heterocycles. The zero-order chi connectivity index (χ0) is 14.5. The Bertz CT molecular complexity index is 356. The van der Waals surface area contributed by atoms with Gasteiger partial charge in [-0.1, -0.05) is 27.2 Å². The van der Waals surface area contributed by atoms with Gasteiger partial charge in [0, 0.05) is 37.5 Å². The van der Waals surface area contributed by atoms with Gasteiger partial charge in [-0.15, -0.1) is 0 Å². The SMILES string of the molecule is CCCS(=O)(=O)CCN1CC(C)NCC1C(C)CC. The van der Waals surface area contributed by atoms with Crippen LogP contribution in [0.1, 0.15) is 40.5 Å². The van der Waals surface area contributed by atoms with Crippen LogP contribution in [0.25, 0.3) is 0 Å². The number of sulfone groups is 1. The van der Waals surface area contributed by atoms with E-state index in [1.54, 1.807) is 0 Å². The third-order valence-electron chi connectivity index (χ3n) is 4.16. The first-order chi connectivity index (χ1) is 8.89. The first kappa shape index (κ1) is 16.9. The fourth-order valence-corrected chi connectivity index (χ4v) is 4.10. The Morgan fingerprint density at radius 1 is 1.32 bits per heavy atom. The van der Waals surface area contributed by atoms with Crippen LogP contribution in [0.3, 0.4) is 0 Å². The lowest BCUT2D eigenvalue weighted by atomic mass is 9.95. The Morgan fingerprint density at radius 2 is 2.00 bits per heavy atom. The smallest absolute Gasteiger partial charge is 0.151 e. The lowest BCUT2D eigenvalue weighted by Crippen LogP contribution is -2.58. The minimum atomic E-state index is -2.87. The molecular weight excluding hydrogens is 260 g/mol. The first-order valence-corrected chi connectivity index (χ1v) is 9.39. The predicted octanol–water partition coefficient (Wildman–Crippen LogP) is 1.52. The van der Waals surface area contributed by atoms with Crippen LogP contribution in [0.5, 0.6) is 0 Å². The average Bonchev–Trinajstić information content (AvgIpc) is 2.35. The summed E-state index contributed by atoms with van der Waals surface area (Å²) in [7, 11) is -2.87. The van der Waals surface area contributed by atoms with Crippen molar-refractivity contribution in [1.82, 2.24) is 10.2 Å². The van der Waals surface area contributed by atoms with Gasteiger partial charge in [-0.05, 0) is 19.3 Å². The zero-order valence-electron chi connectivity index (χ0n) is 12.9. The molecule has 1 saturated heterocycles. The quantitative estimate of drug-likeness (QED) is 0.772. The van der Waals surface area contributed by atoms with Crippen molar-refractivity contribution in [3.63, 3.8) is 0 Å². The molecule has 0 radical (unpaired) electrons. The number of hydrogen-bond acceptors (Lipinski definition) is 4. The molecule has 0 amide bonds. The van der Waals surface area contributed by atoms with Gasteiger partial charge in [0.05, 0.1) is 5.75 Å². The molecule has 19 heavy (non-hydrogen) atoms. The summed E-state index contributed by atoms with van der Waals surface area (Å²) in [5.74, 6) is 1.23. The Balaban J connectivity index is 2.60. The highest BCUT2D eigenvalue weighted by atomic mass is 32.2. The third kappa shape index (κ3) is 5.40. The molecule has 1 aliphatic rings. The molecule has 3 unspecified atom stereocenters. The van der Waals surface area contributed by atoms with Crippen molar-refractivity contribution < 1.29 is 8.42 Å². The maximum absolute atomic E-state index is 11.9. The third-order valence-corrected chi connectivity index (χ3v) is 5.99. The summed E-state index contributed by atoms with van der Waals surface area (Å²) in [5.41, 5.74) is 0.